The van der Waals surface area contributed by atoms with Crippen LogP contribution in [0.25, 0.3) is 0 Å². The third-order valence-electron chi connectivity index (χ3n) is 4.42. The predicted molar refractivity (Wildman–Crippen MR) is 91.0 cm³/mol. The third-order valence-corrected chi connectivity index (χ3v) is 6.13. The van der Waals surface area contributed by atoms with Gasteiger partial charge in [-0.3, -0.25) is 9.69 Å². The highest BCUT2D eigenvalue weighted by atomic mass is 32.2. The Balaban J connectivity index is 2.06. The number of benzene rings is 1. The number of primary amides is 1. The maximum atomic E-state index is 12.5. The summed E-state index contributed by atoms with van der Waals surface area (Å²) in [6, 6.07) is 6.76. The molecule has 1 atom stereocenters. The van der Waals surface area contributed by atoms with Crippen molar-refractivity contribution in [3.63, 3.8) is 0 Å². The van der Waals surface area contributed by atoms with Crippen LogP contribution in [0.15, 0.2) is 29.2 Å². The molecule has 2 rings (SSSR count). The zero-order valence-electron chi connectivity index (χ0n) is 14.1. The number of rotatable bonds is 5. The van der Waals surface area contributed by atoms with E-state index in [1.54, 1.807) is 12.1 Å². The second-order valence-electron chi connectivity index (χ2n) is 7.19. The molecule has 2 N–H and O–H groups in total. The Morgan fingerprint density at radius 2 is 1.87 bits per heavy atom. The van der Waals surface area contributed by atoms with Crippen LogP contribution in [0.1, 0.15) is 39.2 Å². The van der Waals surface area contributed by atoms with E-state index < -0.39 is 9.84 Å². The molecule has 0 bridgehead atoms. The summed E-state index contributed by atoms with van der Waals surface area (Å²) in [5.41, 5.74) is 6.46. The molecule has 0 saturated carbocycles. The van der Waals surface area contributed by atoms with E-state index in [4.69, 9.17) is 5.73 Å². The van der Waals surface area contributed by atoms with Crippen LogP contribution in [0.5, 0.6) is 0 Å². The number of nitrogens with two attached hydrogens (primary N) is 1. The molecule has 5 nitrogen and oxygen atoms in total. The van der Waals surface area contributed by atoms with E-state index in [9.17, 15) is 13.2 Å². The Labute approximate surface area is 138 Å². The maximum absolute atomic E-state index is 12.5. The van der Waals surface area contributed by atoms with Gasteiger partial charge in [-0.05, 0) is 42.5 Å². The van der Waals surface area contributed by atoms with Gasteiger partial charge in [0.1, 0.15) is 0 Å². The van der Waals surface area contributed by atoms with Crippen molar-refractivity contribution in [2.45, 2.75) is 50.0 Å². The van der Waals surface area contributed by atoms with Crippen LogP contribution < -0.4 is 5.73 Å². The first kappa shape index (κ1) is 17.9. The van der Waals surface area contributed by atoms with Crippen molar-refractivity contribution >= 4 is 15.7 Å². The Hall–Kier alpha value is -1.40. The van der Waals surface area contributed by atoms with Crippen molar-refractivity contribution in [1.29, 1.82) is 0 Å². The Kier molecular flexibility index (Phi) is 5.16. The first-order valence-corrected chi connectivity index (χ1v) is 9.63. The summed E-state index contributed by atoms with van der Waals surface area (Å²) < 4.78 is 25.0. The minimum absolute atomic E-state index is 0.00560. The molecule has 1 heterocycles. The van der Waals surface area contributed by atoms with Gasteiger partial charge in [0, 0.05) is 6.54 Å². The van der Waals surface area contributed by atoms with Gasteiger partial charge in [0.05, 0.1) is 16.7 Å². The summed E-state index contributed by atoms with van der Waals surface area (Å²) in [5.74, 6) is -0.361. The van der Waals surface area contributed by atoms with Crippen LogP contribution in [0.3, 0.4) is 0 Å². The molecule has 0 radical (unpaired) electrons. The fourth-order valence-electron chi connectivity index (χ4n) is 2.93. The highest BCUT2D eigenvalue weighted by Gasteiger charge is 2.30. The van der Waals surface area contributed by atoms with Crippen LogP contribution in [-0.2, 0) is 20.0 Å². The van der Waals surface area contributed by atoms with E-state index in [-0.39, 0.29) is 23.1 Å². The minimum atomic E-state index is -3.35. The molecular weight excluding hydrogens is 312 g/mol. The van der Waals surface area contributed by atoms with E-state index in [1.165, 1.54) is 0 Å². The molecule has 1 aromatic rings. The van der Waals surface area contributed by atoms with Crippen LogP contribution >= 0.6 is 0 Å². The number of sulfone groups is 1. The quantitative estimate of drug-likeness (QED) is 0.886. The molecule has 1 aliphatic rings. The first-order chi connectivity index (χ1) is 10.6. The lowest BCUT2D eigenvalue weighted by atomic mass is 9.87. The molecule has 0 spiro atoms. The van der Waals surface area contributed by atoms with Gasteiger partial charge in [-0.15, -0.1) is 0 Å². The van der Waals surface area contributed by atoms with E-state index in [1.807, 2.05) is 17.0 Å². The van der Waals surface area contributed by atoms with Gasteiger partial charge in [0.2, 0.25) is 5.91 Å². The second kappa shape index (κ2) is 6.61. The molecule has 6 heteroatoms. The van der Waals surface area contributed by atoms with Crippen LogP contribution in [-0.4, -0.2) is 44.1 Å². The Morgan fingerprint density at radius 1 is 1.26 bits per heavy atom. The maximum Gasteiger partial charge on any atom is 0.234 e. The zero-order chi connectivity index (χ0) is 17.3. The standard InChI is InChI=1S/C17H26N2O3S/c1-17(2,3)13-6-8-14(9-7-13)23(21,22)12-11-19-10-4-5-15(19)16(18)20/h6-9,15H,4-5,10-12H2,1-3H3,(H2,18,20)/t15-/m1/s1. The summed E-state index contributed by atoms with van der Waals surface area (Å²) in [6.07, 6.45) is 1.60. The highest BCUT2D eigenvalue weighted by molar-refractivity contribution is 7.91. The fourth-order valence-corrected chi connectivity index (χ4v) is 4.19. The second-order valence-corrected chi connectivity index (χ2v) is 9.30. The van der Waals surface area contributed by atoms with Gasteiger partial charge in [0.15, 0.2) is 9.84 Å². The van der Waals surface area contributed by atoms with Gasteiger partial charge in [-0.2, -0.15) is 0 Å². The van der Waals surface area contributed by atoms with E-state index in [2.05, 4.69) is 20.8 Å². The van der Waals surface area contributed by atoms with Crippen molar-refractivity contribution in [3.05, 3.63) is 29.8 Å². The number of likely N-dealkylation sites (tertiary alicyclic amines) is 1. The van der Waals surface area contributed by atoms with E-state index in [0.29, 0.717) is 11.4 Å². The van der Waals surface area contributed by atoms with Crippen LogP contribution in [0.4, 0.5) is 0 Å². The summed E-state index contributed by atoms with van der Waals surface area (Å²) in [4.78, 5) is 13.6. The largest absolute Gasteiger partial charge is 0.368 e. The summed E-state index contributed by atoms with van der Waals surface area (Å²) in [6.45, 7) is 7.35. The molecule has 23 heavy (non-hydrogen) atoms. The average molecular weight is 338 g/mol. The molecule has 128 valence electrons. The number of nitrogens with zero attached hydrogens (tertiary/aromatic N) is 1. The highest BCUT2D eigenvalue weighted by Crippen LogP contribution is 2.24. The first-order valence-electron chi connectivity index (χ1n) is 7.98. The Morgan fingerprint density at radius 3 is 2.39 bits per heavy atom. The lowest BCUT2D eigenvalue weighted by Gasteiger charge is -2.22. The molecule has 1 saturated heterocycles. The predicted octanol–water partition coefficient (Wildman–Crippen LogP) is 1.71. The SMILES string of the molecule is CC(C)(C)c1ccc(S(=O)(=O)CCN2CCC[C@@H]2C(N)=O)cc1. The van der Waals surface area contributed by atoms with Gasteiger partial charge in [-0.1, -0.05) is 32.9 Å². The number of carbonyl (C=O) groups is 1. The molecule has 1 fully saturated rings. The van der Waals surface area contributed by atoms with Crippen molar-refractivity contribution in [3.8, 4) is 0 Å². The van der Waals surface area contributed by atoms with Crippen LogP contribution in [0, 0.1) is 0 Å². The van der Waals surface area contributed by atoms with Crippen molar-refractivity contribution in [2.75, 3.05) is 18.8 Å². The fraction of sp³-hybridized carbons (Fsp3) is 0.588. The smallest absolute Gasteiger partial charge is 0.234 e. The van der Waals surface area contributed by atoms with Gasteiger partial charge >= 0.3 is 0 Å². The molecule has 0 unspecified atom stereocenters. The molecule has 0 aliphatic carbocycles. The van der Waals surface area contributed by atoms with E-state index >= 15 is 0 Å². The molecular formula is C17H26N2O3S. The number of hydrogen-bond donors (Lipinski definition) is 1. The van der Waals surface area contributed by atoms with Crippen molar-refractivity contribution in [2.24, 2.45) is 5.73 Å². The van der Waals surface area contributed by atoms with E-state index in [0.717, 1.165) is 24.9 Å². The summed E-state index contributed by atoms with van der Waals surface area (Å²) in [5, 5.41) is 0. The Bertz CT molecular complexity index is 660. The number of carbonyl (C=O) groups excluding carboxylic acids is 1. The van der Waals surface area contributed by atoms with Crippen molar-refractivity contribution < 1.29 is 13.2 Å². The zero-order valence-corrected chi connectivity index (χ0v) is 14.9. The van der Waals surface area contributed by atoms with Gasteiger partial charge in [0.25, 0.3) is 0 Å². The van der Waals surface area contributed by atoms with Gasteiger partial charge < -0.3 is 5.73 Å². The van der Waals surface area contributed by atoms with Crippen LogP contribution in [0.2, 0.25) is 0 Å². The van der Waals surface area contributed by atoms with Crippen molar-refractivity contribution in [1.82, 2.24) is 4.90 Å². The minimum Gasteiger partial charge on any atom is -0.368 e. The average Bonchev–Trinajstić information content (AvgIpc) is 2.93. The summed E-state index contributed by atoms with van der Waals surface area (Å²) >= 11 is 0. The number of amides is 1. The van der Waals surface area contributed by atoms with Gasteiger partial charge in [-0.25, -0.2) is 8.42 Å². The summed E-state index contributed by atoms with van der Waals surface area (Å²) in [7, 11) is -3.35. The molecule has 1 aromatic carbocycles. The topological polar surface area (TPSA) is 80.5 Å². The lowest BCUT2D eigenvalue weighted by molar-refractivity contribution is -0.122. The lowest BCUT2D eigenvalue weighted by Crippen LogP contribution is -2.42. The molecule has 0 aromatic heterocycles. The number of hydrogen-bond acceptors (Lipinski definition) is 4. The molecule has 1 amide bonds. The normalized spacial score (nSPS) is 19.9. The third kappa shape index (κ3) is 4.32. The molecule has 1 aliphatic heterocycles. The monoisotopic (exact) mass is 338 g/mol.